The molecular weight excluding hydrogens is 224 g/mol. The Morgan fingerprint density at radius 2 is 1.94 bits per heavy atom. The molecule has 2 heterocycles. The van der Waals surface area contributed by atoms with Gasteiger partial charge in [0.25, 0.3) is 0 Å². The van der Waals surface area contributed by atoms with Gasteiger partial charge in [0.15, 0.2) is 0 Å². The number of pyridine rings is 1. The predicted octanol–water partition coefficient (Wildman–Crippen LogP) is 3.08. The number of anilines is 2. The number of rotatable bonds is 1. The number of amides is 1. The molecule has 18 heavy (non-hydrogen) atoms. The smallest absolute Gasteiger partial charge is 0.231 e. The van der Waals surface area contributed by atoms with Crippen LogP contribution in [0.3, 0.4) is 0 Å². The summed E-state index contributed by atoms with van der Waals surface area (Å²) < 4.78 is 0. The Morgan fingerprint density at radius 3 is 2.78 bits per heavy atom. The van der Waals surface area contributed by atoms with Crippen molar-refractivity contribution in [2.24, 2.45) is 0 Å². The highest BCUT2D eigenvalue weighted by molar-refractivity contribution is 6.01. The summed E-state index contributed by atoms with van der Waals surface area (Å²) in [6.07, 6.45) is 5.91. The van der Waals surface area contributed by atoms with Crippen molar-refractivity contribution in [1.82, 2.24) is 4.98 Å². The molecule has 0 bridgehead atoms. The Hall–Kier alpha value is -2.16. The summed E-state index contributed by atoms with van der Waals surface area (Å²) in [7, 11) is 0. The first kappa shape index (κ1) is 11.0. The number of hydrogen-bond donors (Lipinski definition) is 0. The van der Waals surface area contributed by atoms with Gasteiger partial charge in [-0.15, -0.1) is 0 Å². The quantitative estimate of drug-likeness (QED) is 0.765. The number of hydrogen-bond acceptors (Lipinski definition) is 2. The van der Waals surface area contributed by atoms with Gasteiger partial charge in [-0.1, -0.05) is 18.2 Å². The van der Waals surface area contributed by atoms with E-state index in [1.54, 1.807) is 17.3 Å². The first-order valence-electron chi connectivity index (χ1n) is 6.17. The summed E-state index contributed by atoms with van der Waals surface area (Å²) in [5.41, 5.74) is 3.07. The second-order valence-corrected chi connectivity index (χ2v) is 4.42. The highest BCUT2D eigenvalue weighted by atomic mass is 16.2. The maximum Gasteiger partial charge on any atom is 0.231 e. The van der Waals surface area contributed by atoms with Crippen molar-refractivity contribution >= 4 is 17.3 Å². The van der Waals surface area contributed by atoms with Gasteiger partial charge in [0.05, 0.1) is 17.6 Å². The van der Waals surface area contributed by atoms with Crippen molar-refractivity contribution < 1.29 is 4.79 Å². The van der Waals surface area contributed by atoms with E-state index < -0.39 is 0 Å². The first-order chi connectivity index (χ1) is 8.86. The van der Waals surface area contributed by atoms with Gasteiger partial charge in [-0.2, -0.15) is 0 Å². The fourth-order valence-corrected chi connectivity index (χ4v) is 2.39. The molecule has 0 fully saturated rings. The zero-order valence-corrected chi connectivity index (χ0v) is 10.0. The van der Waals surface area contributed by atoms with Crippen molar-refractivity contribution in [3.8, 4) is 0 Å². The first-order valence-corrected chi connectivity index (χ1v) is 6.17. The average Bonchev–Trinajstić information content (AvgIpc) is 2.58. The van der Waals surface area contributed by atoms with Crippen molar-refractivity contribution in [2.75, 3.05) is 4.90 Å². The van der Waals surface area contributed by atoms with Crippen LogP contribution >= 0.6 is 0 Å². The third-order valence-electron chi connectivity index (χ3n) is 3.22. The number of aromatic nitrogens is 1. The predicted molar refractivity (Wildman–Crippen MR) is 70.8 cm³/mol. The summed E-state index contributed by atoms with van der Waals surface area (Å²) >= 11 is 0. The molecule has 1 aromatic carbocycles. The van der Waals surface area contributed by atoms with Gasteiger partial charge in [-0.05, 0) is 36.6 Å². The average molecular weight is 238 g/mol. The van der Waals surface area contributed by atoms with Crippen LogP contribution in [-0.4, -0.2) is 10.9 Å². The van der Waals surface area contributed by atoms with Crippen LogP contribution < -0.4 is 4.90 Å². The molecule has 3 nitrogen and oxygen atoms in total. The van der Waals surface area contributed by atoms with Crippen molar-refractivity contribution in [3.63, 3.8) is 0 Å². The maximum absolute atomic E-state index is 12.3. The number of benzene rings is 1. The minimum atomic E-state index is 0.146. The molecular formula is C15H14N2O. The van der Waals surface area contributed by atoms with E-state index in [0.29, 0.717) is 6.42 Å². The minimum Gasteiger partial charge on any atom is -0.279 e. The molecule has 0 aliphatic carbocycles. The molecule has 3 heteroatoms. The van der Waals surface area contributed by atoms with Crippen molar-refractivity contribution in [1.29, 1.82) is 0 Å². The molecule has 0 radical (unpaired) electrons. The van der Waals surface area contributed by atoms with Crippen LogP contribution in [0.4, 0.5) is 11.4 Å². The van der Waals surface area contributed by atoms with Crippen LogP contribution in [-0.2, 0) is 11.2 Å². The Kier molecular flexibility index (Phi) is 2.81. The fourth-order valence-electron chi connectivity index (χ4n) is 2.39. The lowest BCUT2D eigenvalue weighted by Crippen LogP contribution is -2.24. The summed E-state index contributed by atoms with van der Waals surface area (Å²) in [6.45, 7) is 0. The summed E-state index contributed by atoms with van der Waals surface area (Å²) in [6, 6.07) is 11.9. The third-order valence-corrected chi connectivity index (χ3v) is 3.22. The lowest BCUT2D eigenvalue weighted by molar-refractivity contribution is -0.117. The number of aryl methyl sites for hydroxylation is 1. The molecule has 0 atom stereocenters. The molecule has 0 unspecified atom stereocenters. The molecule has 0 spiro atoms. The number of fused-ring (bicyclic) bond motifs is 1. The summed E-state index contributed by atoms with van der Waals surface area (Å²) in [5.74, 6) is 0.146. The Morgan fingerprint density at radius 1 is 1.06 bits per heavy atom. The van der Waals surface area contributed by atoms with Crippen LogP contribution in [0.15, 0.2) is 48.8 Å². The number of nitrogens with zero attached hydrogens (tertiary/aromatic N) is 2. The monoisotopic (exact) mass is 238 g/mol. The second kappa shape index (κ2) is 4.61. The van der Waals surface area contributed by atoms with E-state index in [1.807, 2.05) is 30.3 Å². The molecule has 1 aliphatic heterocycles. The zero-order chi connectivity index (χ0) is 12.4. The highest BCUT2D eigenvalue weighted by Gasteiger charge is 2.23. The van der Waals surface area contributed by atoms with E-state index in [4.69, 9.17) is 0 Å². The van der Waals surface area contributed by atoms with E-state index in [1.165, 1.54) is 5.56 Å². The molecule has 3 rings (SSSR count). The third kappa shape index (κ3) is 1.88. The van der Waals surface area contributed by atoms with Crippen molar-refractivity contribution in [3.05, 3.63) is 54.4 Å². The normalized spacial score (nSPS) is 15.1. The molecule has 0 N–H and O–H groups in total. The zero-order valence-electron chi connectivity index (χ0n) is 10.0. The van der Waals surface area contributed by atoms with Gasteiger partial charge >= 0.3 is 0 Å². The Balaban J connectivity index is 2.14. The fraction of sp³-hybridized carbons (Fsp3) is 0.200. The molecule has 1 aliphatic rings. The molecule has 1 amide bonds. The van der Waals surface area contributed by atoms with E-state index in [0.717, 1.165) is 24.2 Å². The van der Waals surface area contributed by atoms with Gasteiger partial charge in [-0.3, -0.25) is 14.7 Å². The highest BCUT2D eigenvalue weighted by Crippen LogP contribution is 2.32. The lowest BCUT2D eigenvalue weighted by Gasteiger charge is -2.22. The number of carbonyl (C=O) groups is 1. The van der Waals surface area contributed by atoms with E-state index in [2.05, 4.69) is 11.1 Å². The van der Waals surface area contributed by atoms with E-state index in [9.17, 15) is 4.79 Å². The summed E-state index contributed by atoms with van der Waals surface area (Å²) in [5, 5.41) is 0. The SMILES string of the molecule is O=C1CCCc2ccccc2N1c1cccnc1. The molecule has 90 valence electrons. The molecule has 1 aromatic heterocycles. The standard InChI is InChI=1S/C15H14N2O/c18-15-9-3-6-12-5-1-2-8-14(12)17(15)13-7-4-10-16-11-13/h1-2,4-5,7-8,10-11H,3,6,9H2. The Labute approximate surface area is 106 Å². The van der Waals surface area contributed by atoms with Gasteiger partial charge in [0.1, 0.15) is 0 Å². The summed E-state index contributed by atoms with van der Waals surface area (Å²) in [4.78, 5) is 18.2. The van der Waals surface area contributed by atoms with E-state index >= 15 is 0 Å². The van der Waals surface area contributed by atoms with Gasteiger partial charge in [-0.25, -0.2) is 0 Å². The molecule has 2 aromatic rings. The number of carbonyl (C=O) groups excluding carboxylic acids is 1. The second-order valence-electron chi connectivity index (χ2n) is 4.42. The van der Waals surface area contributed by atoms with Crippen molar-refractivity contribution in [2.45, 2.75) is 19.3 Å². The van der Waals surface area contributed by atoms with E-state index in [-0.39, 0.29) is 5.91 Å². The minimum absolute atomic E-state index is 0.146. The largest absolute Gasteiger partial charge is 0.279 e. The molecule has 0 saturated heterocycles. The number of para-hydroxylation sites is 1. The maximum atomic E-state index is 12.3. The molecule has 0 saturated carbocycles. The van der Waals surface area contributed by atoms with Gasteiger partial charge < -0.3 is 0 Å². The van der Waals surface area contributed by atoms with Crippen LogP contribution in [0.25, 0.3) is 0 Å². The topological polar surface area (TPSA) is 33.2 Å². The Bertz CT molecular complexity index is 566. The van der Waals surface area contributed by atoms with Crippen LogP contribution in [0, 0.1) is 0 Å². The van der Waals surface area contributed by atoms with Gasteiger partial charge in [0.2, 0.25) is 5.91 Å². The van der Waals surface area contributed by atoms with Crippen LogP contribution in [0.5, 0.6) is 0 Å². The van der Waals surface area contributed by atoms with Crippen LogP contribution in [0.2, 0.25) is 0 Å². The van der Waals surface area contributed by atoms with Gasteiger partial charge in [0, 0.05) is 12.6 Å². The van der Waals surface area contributed by atoms with Crippen LogP contribution in [0.1, 0.15) is 18.4 Å². The lowest BCUT2D eigenvalue weighted by atomic mass is 10.1.